The van der Waals surface area contributed by atoms with E-state index in [1.54, 1.807) is 0 Å². The molecule has 0 aromatic heterocycles. The van der Waals surface area contributed by atoms with Crippen LogP contribution in [0.3, 0.4) is 0 Å². The molecule has 0 radical (unpaired) electrons. The van der Waals surface area contributed by atoms with Gasteiger partial charge in [-0.3, -0.25) is 0 Å². The zero-order valence-electron chi connectivity index (χ0n) is 8.40. The number of aliphatic hydroxyl groups excluding tert-OH is 1. The Balaban J connectivity index is 3.30. The lowest BCUT2D eigenvalue weighted by molar-refractivity contribution is 0.285. The molecule has 13 heavy (non-hydrogen) atoms. The van der Waals surface area contributed by atoms with Crippen molar-refractivity contribution in [2.24, 2.45) is 0 Å². The van der Waals surface area contributed by atoms with E-state index in [4.69, 9.17) is 5.11 Å². The fraction of sp³-hybridized carbons (Fsp3) is 0.667. The van der Waals surface area contributed by atoms with E-state index in [0.717, 1.165) is 25.7 Å². The molecule has 0 aromatic rings. The highest BCUT2D eigenvalue weighted by Gasteiger charge is 1.80. The van der Waals surface area contributed by atoms with Crippen LogP contribution in [-0.2, 0) is 0 Å². The second kappa shape index (κ2) is 11.1. The highest BCUT2D eigenvalue weighted by atomic mass is 16.2. The van der Waals surface area contributed by atoms with Gasteiger partial charge in [-0.1, -0.05) is 25.2 Å². The molecule has 0 aliphatic heterocycles. The predicted molar refractivity (Wildman–Crippen MR) is 56.0 cm³/mol. The molecule has 0 spiro atoms. The van der Waals surface area contributed by atoms with Gasteiger partial charge in [-0.25, -0.2) is 0 Å². The van der Waals surface area contributed by atoms with Gasteiger partial charge in [0.1, 0.15) is 0 Å². The summed E-state index contributed by atoms with van der Waals surface area (Å²) in [5.41, 5.74) is 0. The highest BCUT2D eigenvalue weighted by molar-refractivity contribution is 5.25. The molecule has 0 fully saturated rings. The molecule has 0 unspecified atom stereocenters. The first-order chi connectivity index (χ1) is 6.41. The maximum atomic E-state index is 8.49. The molecule has 1 N–H and O–H groups in total. The molecule has 72 valence electrons. The number of hydrogen-bond acceptors (Lipinski definition) is 1. The van der Waals surface area contributed by atoms with Crippen LogP contribution in [0.25, 0.3) is 0 Å². The molecule has 0 bridgehead atoms. The summed E-state index contributed by atoms with van der Waals surface area (Å²) in [5.74, 6) is 11.6. The number of aliphatic hydroxyl groups is 1. The average Bonchev–Trinajstić information content (AvgIpc) is 2.16. The van der Waals surface area contributed by atoms with Crippen molar-refractivity contribution < 1.29 is 5.11 Å². The fourth-order valence-electron chi connectivity index (χ4n) is 0.804. The molecular formula is C12H18O. The van der Waals surface area contributed by atoms with Gasteiger partial charge < -0.3 is 5.11 Å². The summed E-state index contributed by atoms with van der Waals surface area (Å²) in [4.78, 5) is 0. The average molecular weight is 178 g/mol. The van der Waals surface area contributed by atoms with Crippen LogP contribution in [0.1, 0.15) is 45.4 Å². The second-order valence-corrected chi connectivity index (χ2v) is 2.89. The first-order valence-corrected chi connectivity index (χ1v) is 4.98. The SMILES string of the molecule is CCCCC#CC#CCCCCO. The summed E-state index contributed by atoms with van der Waals surface area (Å²) in [5, 5.41) is 8.49. The summed E-state index contributed by atoms with van der Waals surface area (Å²) >= 11 is 0. The maximum absolute atomic E-state index is 8.49. The van der Waals surface area contributed by atoms with Crippen LogP contribution in [0.15, 0.2) is 0 Å². The highest BCUT2D eigenvalue weighted by Crippen LogP contribution is 1.91. The van der Waals surface area contributed by atoms with Crippen molar-refractivity contribution in [2.45, 2.75) is 45.4 Å². The molecule has 0 amide bonds. The molecule has 0 saturated heterocycles. The quantitative estimate of drug-likeness (QED) is 0.506. The molecular weight excluding hydrogens is 160 g/mol. The zero-order chi connectivity index (χ0) is 9.78. The largest absolute Gasteiger partial charge is 0.396 e. The second-order valence-electron chi connectivity index (χ2n) is 2.89. The lowest BCUT2D eigenvalue weighted by atomic mass is 10.2. The van der Waals surface area contributed by atoms with Crippen molar-refractivity contribution in [1.82, 2.24) is 0 Å². The minimum Gasteiger partial charge on any atom is -0.396 e. The molecule has 0 heterocycles. The Morgan fingerprint density at radius 1 is 0.923 bits per heavy atom. The third kappa shape index (κ3) is 11.1. The van der Waals surface area contributed by atoms with E-state index in [1.165, 1.54) is 12.8 Å². The Hall–Kier alpha value is -0.920. The zero-order valence-corrected chi connectivity index (χ0v) is 8.40. The van der Waals surface area contributed by atoms with Crippen molar-refractivity contribution in [3.63, 3.8) is 0 Å². The molecule has 0 rings (SSSR count). The van der Waals surface area contributed by atoms with Gasteiger partial charge in [-0.2, -0.15) is 0 Å². The van der Waals surface area contributed by atoms with E-state index in [9.17, 15) is 0 Å². The standard InChI is InChI=1S/C12H18O/c1-2-3-4-5-6-7-8-9-10-11-12-13/h13H,2-4,9-12H2,1H3. The molecule has 0 aliphatic carbocycles. The van der Waals surface area contributed by atoms with Gasteiger partial charge in [0.05, 0.1) is 0 Å². The van der Waals surface area contributed by atoms with Crippen molar-refractivity contribution in [1.29, 1.82) is 0 Å². The summed E-state index contributed by atoms with van der Waals surface area (Å²) < 4.78 is 0. The molecule has 0 saturated carbocycles. The van der Waals surface area contributed by atoms with Crippen LogP contribution < -0.4 is 0 Å². The Labute approximate surface area is 81.5 Å². The Bertz CT molecular complexity index is 209. The number of unbranched alkanes of at least 4 members (excludes halogenated alkanes) is 4. The van der Waals surface area contributed by atoms with E-state index in [1.807, 2.05) is 0 Å². The van der Waals surface area contributed by atoms with E-state index in [2.05, 4.69) is 30.6 Å². The summed E-state index contributed by atoms with van der Waals surface area (Å²) in [6.07, 6.45) is 5.99. The Kier molecular flexibility index (Phi) is 10.3. The summed E-state index contributed by atoms with van der Waals surface area (Å²) in [6, 6.07) is 0. The maximum Gasteiger partial charge on any atom is 0.0431 e. The minimum atomic E-state index is 0.268. The van der Waals surface area contributed by atoms with Crippen LogP contribution in [0.4, 0.5) is 0 Å². The van der Waals surface area contributed by atoms with Crippen LogP contribution in [-0.4, -0.2) is 11.7 Å². The molecule has 1 heteroatoms. The van der Waals surface area contributed by atoms with Gasteiger partial charge in [0, 0.05) is 19.4 Å². The van der Waals surface area contributed by atoms with Gasteiger partial charge in [0.25, 0.3) is 0 Å². The fourth-order valence-corrected chi connectivity index (χ4v) is 0.804. The van der Waals surface area contributed by atoms with Gasteiger partial charge in [0.2, 0.25) is 0 Å². The first-order valence-electron chi connectivity index (χ1n) is 4.98. The third-order valence-electron chi connectivity index (χ3n) is 1.60. The van der Waals surface area contributed by atoms with E-state index < -0.39 is 0 Å². The summed E-state index contributed by atoms with van der Waals surface area (Å²) in [7, 11) is 0. The number of hydrogen-bond donors (Lipinski definition) is 1. The summed E-state index contributed by atoms with van der Waals surface area (Å²) in [6.45, 7) is 2.42. The lowest BCUT2D eigenvalue weighted by Gasteiger charge is -1.86. The van der Waals surface area contributed by atoms with E-state index in [-0.39, 0.29) is 6.61 Å². The monoisotopic (exact) mass is 178 g/mol. The van der Waals surface area contributed by atoms with Gasteiger partial charge in [-0.15, -0.1) is 0 Å². The normalized spacial score (nSPS) is 8.15. The molecule has 1 nitrogen and oxygen atoms in total. The molecule has 0 aromatic carbocycles. The van der Waals surface area contributed by atoms with Crippen LogP contribution in [0, 0.1) is 23.7 Å². The third-order valence-corrected chi connectivity index (χ3v) is 1.60. The smallest absolute Gasteiger partial charge is 0.0431 e. The number of rotatable bonds is 5. The van der Waals surface area contributed by atoms with Crippen LogP contribution in [0.5, 0.6) is 0 Å². The minimum absolute atomic E-state index is 0.268. The van der Waals surface area contributed by atoms with Crippen LogP contribution >= 0.6 is 0 Å². The Morgan fingerprint density at radius 2 is 1.54 bits per heavy atom. The van der Waals surface area contributed by atoms with Crippen molar-refractivity contribution in [2.75, 3.05) is 6.61 Å². The molecule has 0 atom stereocenters. The molecule has 0 aliphatic rings. The van der Waals surface area contributed by atoms with Crippen molar-refractivity contribution in [3.8, 4) is 23.7 Å². The van der Waals surface area contributed by atoms with E-state index in [0.29, 0.717) is 0 Å². The Morgan fingerprint density at radius 3 is 2.08 bits per heavy atom. The van der Waals surface area contributed by atoms with Crippen molar-refractivity contribution >= 4 is 0 Å². The van der Waals surface area contributed by atoms with Crippen molar-refractivity contribution in [3.05, 3.63) is 0 Å². The van der Waals surface area contributed by atoms with Gasteiger partial charge in [0.15, 0.2) is 0 Å². The first kappa shape index (κ1) is 12.1. The van der Waals surface area contributed by atoms with Gasteiger partial charge in [-0.05, 0) is 31.1 Å². The topological polar surface area (TPSA) is 20.2 Å². The van der Waals surface area contributed by atoms with E-state index >= 15 is 0 Å². The van der Waals surface area contributed by atoms with Gasteiger partial charge >= 0.3 is 0 Å². The lowest BCUT2D eigenvalue weighted by Crippen LogP contribution is -1.80. The predicted octanol–water partition coefficient (Wildman–Crippen LogP) is 2.35. The van der Waals surface area contributed by atoms with Crippen LogP contribution in [0.2, 0.25) is 0 Å².